The summed E-state index contributed by atoms with van der Waals surface area (Å²) in [7, 11) is 0. The van der Waals surface area contributed by atoms with Gasteiger partial charge in [-0.2, -0.15) is 5.10 Å². The summed E-state index contributed by atoms with van der Waals surface area (Å²) in [5, 5.41) is 16.5. The smallest absolute Gasteiger partial charge is 0.246 e. The monoisotopic (exact) mass is 362 g/mol. The molecule has 1 amide bonds. The van der Waals surface area contributed by atoms with Gasteiger partial charge in [-0.3, -0.25) is 4.79 Å². The molecule has 4 nitrogen and oxygen atoms in total. The van der Waals surface area contributed by atoms with Crippen LogP contribution in [0.4, 0.5) is 0 Å². The normalized spacial score (nSPS) is 32.1. The first kappa shape index (κ1) is 16.8. The van der Waals surface area contributed by atoms with Gasteiger partial charge in [0, 0.05) is 5.56 Å². The average Bonchev–Trinajstić information content (AvgIpc) is 2.89. The minimum atomic E-state index is -0.217. The Balaban J connectivity index is 1.38. The Morgan fingerprint density at radius 1 is 1.04 bits per heavy atom. The van der Waals surface area contributed by atoms with Crippen LogP contribution in [0.3, 0.4) is 0 Å². The molecular weight excluding hydrogens is 336 g/mol. The largest absolute Gasteiger partial charge is 0.507 e. The molecule has 2 unspecified atom stereocenters. The summed E-state index contributed by atoms with van der Waals surface area (Å²) in [5.41, 5.74) is 3.26. The molecule has 0 heterocycles. The van der Waals surface area contributed by atoms with E-state index < -0.39 is 0 Å². The standard InChI is InChI=1S/C23H26N2O2/c26-21-8-7-18-3-1-2-4-19(18)20(21)14-24-25-22(27)23-11-15-5-6-16(12-23)10-17(9-15)13-23/h1-4,7-8,14-17,26H,5-6,9-13H2,(H,25,27). The van der Waals surface area contributed by atoms with E-state index in [-0.39, 0.29) is 17.1 Å². The first-order chi connectivity index (χ1) is 13.1. The lowest BCUT2D eigenvalue weighted by atomic mass is 9.58. The van der Waals surface area contributed by atoms with Crippen LogP contribution in [0.25, 0.3) is 10.8 Å². The van der Waals surface area contributed by atoms with E-state index in [1.165, 1.54) is 25.7 Å². The second-order valence-electron chi connectivity index (χ2n) is 8.96. The first-order valence-electron chi connectivity index (χ1n) is 10.2. The number of carbonyl (C=O) groups is 1. The lowest BCUT2D eigenvalue weighted by Crippen LogP contribution is -2.47. The number of phenolic OH excluding ortho intramolecular Hbond substituents is 1. The number of benzene rings is 2. The van der Waals surface area contributed by atoms with Gasteiger partial charge in [0.05, 0.1) is 11.6 Å². The van der Waals surface area contributed by atoms with E-state index in [4.69, 9.17) is 0 Å². The van der Waals surface area contributed by atoms with E-state index in [2.05, 4.69) is 10.5 Å². The molecule has 0 spiro atoms. The van der Waals surface area contributed by atoms with Crippen molar-refractivity contribution in [3.8, 4) is 5.75 Å². The number of hydrogen-bond donors (Lipinski definition) is 2. The van der Waals surface area contributed by atoms with Crippen LogP contribution in [-0.4, -0.2) is 17.2 Å². The zero-order chi connectivity index (χ0) is 18.4. The maximum Gasteiger partial charge on any atom is 0.246 e. The molecule has 2 aromatic carbocycles. The Bertz CT molecular complexity index is 904. The molecule has 4 aliphatic carbocycles. The Morgan fingerprint density at radius 2 is 1.74 bits per heavy atom. The zero-order valence-corrected chi connectivity index (χ0v) is 15.5. The van der Waals surface area contributed by atoms with Gasteiger partial charge in [-0.15, -0.1) is 0 Å². The molecular formula is C23H26N2O2. The second-order valence-corrected chi connectivity index (χ2v) is 8.96. The Morgan fingerprint density at radius 3 is 2.52 bits per heavy atom. The third-order valence-corrected chi connectivity index (χ3v) is 7.14. The number of nitrogens with one attached hydrogen (secondary N) is 1. The molecule has 0 aliphatic heterocycles. The number of rotatable bonds is 3. The van der Waals surface area contributed by atoms with Gasteiger partial charge in [-0.05, 0) is 66.7 Å². The number of phenols is 1. The summed E-state index contributed by atoms with van der Waals surface area (Å²) in [4.78, 5) is 13.1. The summed E-state index contributed by atoms with van der Waals surface area (Å²) >= 11 is 0. The fourth-order valence-corrected chi connectivity index (χ4v) is 6.16. The molecule has 0 aromatic heterocycles. The number of carbonyl (C=O) groups excluding carboxylic acids is 1. The van der Waals surface area contributed by atoms with Gasteiger partial charge in [-0.1, -0.05) is 43.2 Å². The number of nitrogens with zero attached hydrogens (tertiary/aromatic N) is 1. The van der Waals surface area contributed by atoms with Crippen molar-refractivity contribution in [2.45, 2.75) is 44.9 Å². The van der Waals surface area contributed by atoms with Crippen molar-refractivity contribution in [1.82, 2.24) is 5.43 Å². The van der Waals surface area contributed by atoms with E-state index >= 15 is 0 Å². The molecule has 27 heavy (non-hydrogen) atoms. The van der Waals surface area contributed by atoms with Gasteiger partial charge in [0.1, 0.15) is 5.75 Å². The van der Waals surface area contributed by atoms with Crippen molar-refractivity contribution < 1.29 is 9.90 Å². The van der Waals surface area contributed by atoms with Crippen molar-refractivity contribution in [3.63, 3.8) is 0 Å². The van der Waals surface area contributed by atoms with Crippen molar-refractivity contribution >= 4 is 22.9 Å². The maximum absolute atomic E-state index is 13.1. The molecule has 6 rings (SSSR count). The number of aromatic hydroxyl groups is 1. The fraction of sp³-hybridized carbons (Fsp3) is 0.478. The Kier molecular flexibility index (Phi) is 3.96. The van der Waals surface area contributed by atoms with Crippen molar-refractivity contribution in [2.75, 3.05) is 0 Å². The summed E-state index contributed by atoms with van der Waals surface area (Å²) < 4.78 is 0. The SMILES string of the molecule is O=C(NN=Cc1c(O)ccc2ccccc12)C12CC3CCC(CC(C3)C1)C2. The van der Waals surface area contributed by atoms with Crippen molar-refractivity contribution in [1.29, 1.82) is 0 Å². The Hall–Kier alpha value is -2.36. The second kappa shape index (κ2) is 6.36. The van der Waals surface area contributed by atoms with Crippen LogP contribution in [-0.2, 0) is 4.79 Å². The topological polar surface area (TPSA) is 61.7 Å². The minimum Gasteiger partial charge on any atom is -0.507 e. The summed E-state index contributed by atoms with van der Waals surface area (Å²) in [6.45, 7) is 0. The quantitative estimate of drug-likeness (QED) is 0.619. The van der Waals surface area contributed by atoms with Crippen LogP contribution < -0.4 is 5.43 Å². The molecule has 4 aliphatic rings. The van der Waals surface area contributed by atoms with E-state index in [0.29, 0.717) is 17.4 Å². The average molecular weight is 362 g/mol. The van der Waals surface area contributed by atoms with Crippen LogP contribution in [0, 0.1) is 23.2 Å². The summed E-state index contributed by atoms with van der Waals surface area (Å²) in [6, 6.07) is 11.4. The van der Waals surface area contributed by atoms with Crippen LogP contribution >= 0.6 is 0 Å². The molecule has 2 N–H and O–H groups in total. The van der Waals surface area contributed by atoms with Crippen LogP contribution in [0.2, 0.25) is 0 Å². The van der Waals surface area contributed by atoms with E-state index in [1.807, 2.05) is 30.3 Å². The van der Waals surface area contributed by atoms with Gasteiger partial charge in [-0.25, -0.2) is 5.43 Å². The van der Waals surface area contributed by atoms with E-state index in [0.717, 1.165) is 36.0 Å². The molecule has 4 saturated carbocycles. The molecule has 140 valence electrons. The van der Waals surface area contributed by atoms with Crippen molar-refractivity contribution in [2.24, 2.45) is 28.3 Å². The third-order valence-electron chi connectivity index (χ3n) is 7.14. The molecule has 0 radical (unpaired) electrons. The molecule has 4 fully saturated rings. The predicted octanol–water partition coefficient (Wildman–Crippen LogP) is 4.60. The third kappa shape index (κ3) is 2.91. The highest BCUT2D eigenvalue weighted by Crippen LogP contribution is 2.57. The van der Waals surface area contributed by atoms with Crippen LogP contribution in [0.5, 0.6) is 5.75 Å². The summed E-state index contributed by atoms with van der Waals surface area (Å²) in [6.07, 6.45) is 9.90. The van der Waals surface area contributed by atoms with Gasteiger partial charge in [0.25, 0.3) is 0 Å². The molecule has 4 heteroatoms. The maximum atomic E-state index is 13.1. The minimum absolute atomic E-state index is 0.0831. The lowest BCUT2D eigenvalue weighted by Gasteiger charge is -2.46. The van der Waals surface area contributed by atoms with Crippen LogP contribution in [0.15, 0.2) is 41.5 Å². The van der Waals surface area contributed by atoms with Crippen LogP contribution in [0.1, 0.15) is 50.5 Å². The van der Waals surface area contributed by atoms with E-state index in [1.54, 1.807) is 12.3 Å². The summed E-state index contributed by atoms with van der Waals surface area (Å²) in [5.74, 6) is 2.42. The van der Waals surface area contributed by atoms with Gasteiger partial charge in [0.15, 0.2) is 0 Å². The number of hydrogen-bond acceptors (Lipinski definition) is 3. The van der Waals surface area contributed by atoms with Crippen molar-refractivity contribution in [3.05, 3.63) is 42.0 Å². The molecule has 2 atom stereocenters. The molecule has 0 saturated heterocycles. The van der Waals surface area contributed by atoms with Gasteiger partial charge in [0.2, 0.25) is 5.91 Å². The predicted molar refractivity (Wildman–Crippen MR) is 107 cm³/mol. The van der Waals surface area contributed by atoms with Gasteiger partial charge < -0.3 is 5.11 Å². The van der Waals surface area contributed by atoms with Gasteiger partial charge >= 0.3 is 0 Å². The lowest BCUT2D eigenvalue weighted by molar-refractivity contribution is -0.138. The highest BCUT2D eigenvalue weighted by molar-refractivity contribution is 6.02. The fourth-order valence-electron chi connectivity index (χ4n) is 6.16. The number of fused-ring (bicyclic) bond motifs is 2. The Labute approximate surface area is 159 Å². The number of amides is 1. The zero-order valence-electron chi connectivity index (χ0n) is 15.5. The number of hydrazone groups is 1. The first-order valence-corrected chi connectivity index (χ1v) is 10.2. The molecule has 4 bridgehead atoms. The highest BCUT2D eigenvalue weighted by Gasteiger charge is 2.52. The van der Waals surface area contributed by atoms with E-state index in [9.17, 15) is 9.90 Å². The highest BCUT2D eigenvalue weighted by atomic mass is 16.3. The molecule has 2 aromatic rings.